The minimum atomic E-state index is 0.797. The molecule has 3 heteroatoms. The molecule has 0 aliphatic carbocycles. The Morgan fingerprint density at radius 1 is 1.00 bits per heavy atom. The van der Waals surface area contributed by atoms with E-state index in [0.717, 1.165) is 37.8 Å². The number of morpholine rings is 1. The van der Waals surface area contributed by atoms with Crippen LogP contribution in [-0.2, 0) is 4.74 Å². The molecular weight excluding hydrogens is 224 g/mol. The number of rotatable bonds is 0. The monoisotopic (exact) mass is 238 g/mol. The number of benzene rings is 2. The predicted octanol–water partition coefficient (Wildman–Crippen LogP) is 2.56. The molecule has 2 aliphatic rings. The zero-order valence-corrected chi connectivity index (χ0v) is 10.1. The number of aliphatic imine (C=N–C) groups is 1. The number of hydrogen-bond acceptors (Lipinski definition) is 3. The molecule has 90 valence electrons. The van der Waals surface area contributed by atoms with E-state index in [4.69, 9.17) is 9.73 Å². The van der Waals surface area contributed by atoms with E-state index < -0.39 is 0 Å². The lowest BCUT2D eigenvalue weighted by molar-refractivity contribution is 0.0684. The van der Waals surface area contributed by atoms with E-state index in [-0.39, 0.29) is 0 Å². The Morgan fingerprint density at radius 2 is 1.78 bits per heavy atom. The summed E-state index contributed by atoms with van der Waals surface area (Å²) < 4.78 is 5.41. The summed E-state index contributed by atoms with van der Waals surface area (Å²) >= 11 is 0. The van der Waals surface area contributed by atoms with Gasteiger partial charge in [0, 0.05) is 24.0 Å². The average Bonchev–Trinajstić information content (AvgIpc) is 2.82. The number of hydrogen-bond donors (Lipinski definition) is 0. The molecule has 0 atom stereocenters. The van der Waals surface area contributed by atoms with Gasteiger partial charge in [-0.15, -0.1) is 0 Å². The van der Waals surface area contributed by atoms with Crippen molar-refractivity contribution in [1.82, 2.24) is 4.90 Å². The summed E-state index contributed by atoms with van der Waals surface area (Å²) in [4.78, 5) is 7.14. The second-order valence-corrected chi connectivity index (χ2v) is 4.72. The molecule has 0 radical (unpaired) electrons. The lowest BCUT2D eigenvalue weighted by Gasteiger charge is -2.28. The van der Waals surface area contributed by atoms with Gasteiger partial charge in [0.05, 0.1) is 18.9 Å². The highest BCUT2D eigenvalue weighted by molar-refractivity contribution is 6.18. The third-order valence-electron chi connectivity index (χ3n) is 3.66. The Hall–Kier alpha value is -1.87. The van der Waals surface area contributed by atoms with E-state index in [1.165, 1.54) is 16.3 Å². The van der Waals surface area contributed by atoms with Crippen LogP contribution in [0.2, 0.25) is 0 Å². The van der Waals surface area contributed by atoms with Gasteiger partial charge in [-0.05, 0) is 11.5 Å². The molecule has 0 N–H and O–H groups in total. The van der Waals surface area contributed by atoms with Gasteiger partial charge in [-0.2, -0.15) is 0 Å². The molecule has 0 spiro atoms. The highest BCUT2D eigenvalue weighted by Crippen LogP contribution is 2.36. The highest BCUT2D eigenvalue weighted by atomic mass is 16.5. The Labute approximate surface area is 106 Å². The van der Waals surface area contributed by atoms with Crippen molar-refractivity contribution in [2.45, 2.75) is 0 Å². The first-order valence-corrected chi connectivity index (χ1v) is 6.37. The van der Waals surface area contributed by atoms with Crippen molar-refractivity contribution in [3.63, 3.8) is 0 Å². The van der Waals surface area contributed by atoms with E-state index in [1.807, 2.05) is 0 Å². The first-order chi connectivity index (χ1) is 8.93. The van der Waals surface area contributed by atoms with Crippen LogP contribution in [0.5, 0.6) is 0 Å². The summed E-state index contributed by atoms with van der Waals surface area (Å²) in [7, 11) is 0. The minimum absolute atomic E-state index is 0.797. The SMILES string of the molecule is c1cc2c3c(cccc3c1)C(N1CCOCC1)=N2. The molecule has 2 heterocycles. The maximum absolute atomic E-state index is 5.41. The molecular formula is C15H14N2O. The van der Waals surface area contributed by atoms with Gasteiger partial charge in [0.15, 0.2) is 0 Å². The van der Waals surface area contributed by atoms with Crippen LogP contribution in [0.15, 0.2) is 41.4 Å². The van der Waals surface area contributed by atoms with Crippen LogP contribution in [0.3, 0.4) is 0 Å². The molecule has 2 aromatic carbocycles. The summed E-state index contributed by atoms with van der Waals surface area (Å²) in [6.07, 6.45) is 0. The molecule has 4 rings (SSSR count). The maximum Gasteiger partial charge on any atom is 0.137 e. The van der Waals surface area contributed by atoms with Gasteiger partial charge < -0.3 is 9.64 Å². The average molecular weight is 238 g/mol. The smallest absolute Gasteiger partial charge is 0.137 e. The van der Waals surface area contributed by atoms with E-state index in [2.05, 4.69) is 41.3 Å². The zero-order chi connectivity index (χ0) is 11.9. The Morgan fingerprint density at radius 3 is 2.61 bits per heavy atom. The second kappa shape index (κ2) is 3.82. The minimum Gasteiger partial charge on any atom is -0.378 e. The van der Waals surface area contributed by atoms with Crippen molar-refractivity contribution in [2.24, 2.45) is 4.99 Å². The Kier molecular flexibility index (Phi) is 2.14. The lowest BCUT2D eigenvalue weighted by Crippen LogP contribution is -2.40. The van der Waals surface area contributed by atoms with Gasteiger partial charge in [-0.3, -0.25) is 0 Å². The van der Waals surface area contributed by atoms with Crippen LogP contribution in [0.1, 0.15) is 5.56 Å². The van der Waals surface area contributed by atoms with E-state index >= 15 is 0 Å². The van der Waals surface area contributed by atoms with Crippen LogP contribution in [0.4, 0.5) is 5.69 Å². The largest absolute Gasteiger partial charge is 0.378 e. The third-order valence-corrected chi connectivity index (χ3v) is 3.66. The fourth-order valence-electron chi connectivity index (χ4n) is 2.79. The van der Waals surface area contributed by atoms with Crippen LogP contribution < -0.4 is 0 Å². The van der Waals surface area contributed by atoms with Crippen LogP contribution in [-0.4, -0.2) is 37.0 Å². The number of nitrogens with zero attached hydrogens (tertiary/aromatic N) is 2. The summed E-state index contributed by atoms with van der Waals surface area (Å²) in [6, 6.07) is 12.8. The molecule has 2 aromatic rings. The molecule has 2 aliphatic heterocycles. The fraction of sp³-hybridized carbons (Fsp3) is 0.267. The first kappa shape index (κ1) is 10.1. The van der Waals surface area contributed by atoms with Gasteiger partial charge >= 0.3 is 0 Å². The van der Waals surface area contributed by atoms with Crippen molar-refractivity contribution in [1.29, 1.82) is 0 Å². The van der Waals surface area contributed by atoms with Gasteiger partial charge in [0.1, 0.15) is 5.84 Å². The maximum atomic E-state index is 5.41. The molecule has 0 unspecified atom stereocenters. The van der Waals surface area contributed by atoms with Crippen molar-refractivity contribution in [3.8, 4) is 0 Å². The Balaban J connectivity index is 1.87. The van der Waals surface area contributed by atoms with Gasteiger partial charge in [0.2, 0.25) is 0 Å². The second-order valence-electron chi connectivity index (χ2n) is 4.72. The van der Waals surface area contributed by atoms with Crippen molar-refractivity contribution >= 4 is 22.3 Å². The van der Waals surface area contributed by atoms with E-state index in [1.54, 1.807) is 0 Å². The number of amidine groups is 1. The molecule has 0 saturated carbocycles. The normalized spacial score (nSPS) is 18.2. The first-order valence-electron chi connectivity index (χ1n) is 6.37. The Bertz CT molecular complexity index is 637. The topological polar surface area (TPSA) is 24.8 Å². The van der Waals surface area contributed by atoms with Crippen LogP contribution >= 0.6 is 0 Å². The van der Waals surface area contributed by atoms with Gasteiger partial charge in [-0.25, -0.2) is 4.99 Å². The van der Waals surface area contributed by atoms with Crippen LogP contribution in [0.25, 0.3) is 10.8 Å². The van der Waals surface area contributed by atoms with Gasteiger partial charge in [0.25, 0.3) is 0 Å². The van der Waals surface area contributed by atoms with Crippen molar-refractivity contribution in [2.75, 3.05) is 26.3 Å². The molecule has 0 bridgehead atoms. The molecule has 1 saturated heterocycles. The van der Waals surface area contributed by atoms with Crippen LogP contribution in [0, 0.1) is 0 Å². The molecule has 0 amide bonds. The van der Waals surface area contributed by atoms with E-state index in [0.29, 0.717) is 0 Å². The van der Waals surface area contributed by atoms with E-state index in [9.17, 15) is 0 Å². The number of ether oxygens (including phenoxy) is 1. The summed E-state index contributed by atoms with van der Waals surface area (Å²) in [5.41, 5.74) is 2.37. The van der Waals surface area contributed by atoms with Gasteiger partial charge in [-0.1, -0.05) is 30.3 Å². The highest BCUT2D eigenvalue weighted by Gasteiger charge is 2.23. The van der Waals surface area contributed by atoms with Crippen molar-refractivity contribution < 1.29 is 4.74 Å². The fourth-order valence-corrected chi connectivity index (χ4v) is 2.79. The lowest BCUT2D eigenvalue weighted by atomic mass is 10.0. The molecule has 1 fully saturated rings. The quantitative estimate of drug-likeness (QED) is 0.704. The molecule has 18 heavy (non-hydrogen) atoms. The summed E-state index contributed by atoms with van der Waals surface area (Å²) in [5, 5.41) is 2.57. The standard InChI is InChI=1S/C15H14N2O/c1-3-11-4-2-6-13-14(11)12(5-1)15(16-13)17-7-9-18-10-8-17/h1-6H,7-10H2. The third kappa shape index (κ3) is 1.37. The summed E-state index contributed by atoms with van der Waals surface area (Å²) in [6.45, 7) is 3.46. The predicted molar refractivity (Wildman–Crippen MR) is 72.5 cm³/mol. The molecule has 0 aromatic heterocycles. The summed E-state index contributed by atoms with van der Waals surface area (Å²) in [5.74, 6) is 1.12. The zero-order valence-electron chi connectivity index (χ0n) is 10.1. The van der Waals surface area contributed by atoms with Crippen molar-refractivity contribution in [3.05, 3.63) is 42.0 Å². The molecule has 3 nitrogen and oxygen atoms in total.